The average Bonchev–Trinajstić information content (AvgIpc) is 3.30. The number of fused-ring (bicyclic) bond motifs is 1. The van der Waals surface area contributed by atoms with E-state index in [1.165, 1.54) is 4.88 Å². The Labute approximate surface area is 176 Å². The van der Waals surface area contributed by atoms with Crippen LogP contribution in [-0.4, -0.2) is 56.6 Å². The first-order valence-electron chi connectivity index (χ1n) is 10.5. The highest BCUT2D eigenvalue weighted by Gasteiger charge is 2.26. The fourth-order valence-corrected chi connectivity index (χ4v) is 5.31. The molecule has 2 amide bonds. The van der Waals surface area contributed by atoms with Gasteiger partial charge in [-0.3, -0.25) is 9.59 Å². The molecule has 3 rings (SSSR count). The normalized spacial score (nSPS) is 17.0. The van der Waals surface area contributed by atoms with Gasteiger partial charge in [-0.25, -0.2) is 0 Å². The number of piperidine rings is 1. The Morgan fingerprint density at radius 2 is 2.10 bits per heavy atom. The number of nitrogens with zero attached hydrogens (tertiary/aromatic N) is 2. The van der Waals surface area contributed by atoms with E-state index in [2.05, 4.69) is 21.6 Å². The fourth-order valence-electron chi connectivity index (χ4n) is 4.05. The number of carbonyl (C=O) groups is 2. The van der Waals surface area contributed by atoms with Gasteiger partial charge >= 0.3 is 0 Å². The number of thiophene rings is 1. The molecule has 2 N–H and O–H groups in total. The predicted molar refractivity (Wildman–Crippen MR) is 113 cm³/mol. The van der Waals surface area contributed by atoms with E-state index in [0.717, 1.165) is 57.2 Å². The molecular formula is C21H30N4O3S. The highest BCUT2D eigenvalue weighted by atomic mass is 32.1. The number of rotatable bonds is 9. The Hall–Kier alpha value is -1.95. The summed E-state index contributed by atoms with van der Waals surface area (Å²) in [6.45, 7) is 3.66. The van der Waals surface area contributed by atoms with Crippen molar-refractivity contribution in [3.05, 3.63) is 16.0 Å². The van der Waals surface area contributed by atoms with Crippen LogP contribution in [0.15, 0.2) is 0 Å². The second-order valence-electron chi connectivity index (χ2n) is 7.72. The van der Waals surface area contributed by atoms with Crippen molar-refractivity contribution in [2.24, 2.45) is 5.92 Å². The van der Waals surface area contributed by atoms with E-state index < -0.39 is 0 Å². The average molecular weight is 419 g/mol. The molecule has 1 aliphatic carbocycles. The third-order valence-corrected chi connectivity index (χ3v) is 6.93. The number of hydrogen-bond donors (Lipinski definition) is 2. The molecule has 2 heterocycles. The summed E-state index contributed by atoms with van der Waals surface area (Å²) in [6.07, 6.45) is 5.95. The number of aryl methyl sites for hydroxylation is 1. The molecule has 0 spiro atoms. The number of methoxy groups -OCH3 is 1. The monoisotopic (exact) mass is 418 g/mol. The minimum absolute atomic E-state index is 0.0422. The van der Waals surface area contributed by atoms with Crippen molar-refractivity contribution in [2.75, 3.05) is 45.2 Å². The Morgan fingerprint density at radius 1 is 1.31 bits per heavy atom. The van der Waals surface area contributed by atoms with Gasteiger partial charge in [0.05, 0.1) is 5.56 Å². The van der Waals surface area contributed by atoms with Gasteiger partial charge in [-0.1, -0.05) is 0 Å². The minimum atomic E-state index is -0.0422. The van der Waals surface area contributed by atoms with Gasteiger partial charge in [0.15, 0.2) is 0 Å². The molecule has 1 saturated heterocycles. The largest absolute Gasteiger partial charge is 0.385 e. The first-order valence-corrected chi connectivity index (χ1v) is 11.3. The van der Waals surface area contributed by atoms with E-state index in [9.17, 15) is 14.9 Å². The van der Waals surface area contributed by atoms with Gasteiger partial charge in [0.1, 0.15) is 11.1 Å². The Morgan fingerprint density at radius 3 is 2.83 bits per heavy atom. The van der Waals surface area contributed by atoms with E-state index >= 15 is 0 Å². The fraction of sp³-hybridized carbons (Fsp3) is 0.667. The first-order chi connectivity index (χ1) is 14.1. The van der Waals surface area contributed by atoms with Crippen LogP contribution in [0.4, 0.5) is 5.00 Å². The van der Waals surface area contributed by atoms with Gasteiger partial charge in [0.25, 0.3) is 0 Å². The molecule has 158 valence electrons. The van der Waals surface area contributed by atoms with E-state index in [-0.39, 0.29) is 17.7 Å². The van der Waals surface area contributed by atoms with Crippen molar-refractivity contribution >= 4 is 28.2 Å². The maximum absolute atomic E-state index is 12.4. The second kappa shape index (κ2) is 10.7. The maximum Gasteiger partial charge on any atom is 0.226 e. The van der Waals surface area contributed by atoms with E-state index in [1.807, 2.05) is 0 Å². The smallest absolute Gasteiger partial charge is 0.226 e. The van der Waals surface area contributed by atoms with E-state index in [4.69, 9.17) is 4.74 Å². The quantitative estimate of drug-likeness (QED) is 0.600. The number of hydrogen-bond acceptors (Lipinski definition) is 6. The molecular weight excluding hydrogens is 388 g/mol. The predicted octanol–water partition coefficient (Wildman–Crippen LogP) is 2.30. The van der Waals surface area contributed by atoms with Gasteiger partial charge in [-0.05, 0) is 57.2 Å². The highest BCUT2D eigenvalue weighted by molar-refractivity contribution is 7.16. The number of nitriles is 1. The summed E-state index contributed by atoms with van der Waals surface area (Å²) in [4.78, 5) is 28.1. The van der Waals surface area contributed by atoms with Gasteiger partial charge in [0.2, 0.25) is 11.8 Å². The Kier molecular flexibility index (Phi) is 8.04. The summed E-state index contributed by atoms with van der Waals surface area (Å²) in [7, 11) is 1.66. The van der Waals surface area contributed by atoms with Crippen LogP contribution in [0.3, 0.4) is 0 Å². The zero-order chi connectivity index (χ0) is 20.6. The van der Waals surface area contributed by atoms with Crippen molar-refractivity contribution in [1.82, 2.24) is 10.2 Å². The van der Waals surface area contributed by atoms with Gasteiger partial charge in [0, 0.05) is 44.0 Å². The molecule has 0 saturated carbocycles. The molecule has 1 aromatic heterocycles. The number of amides is 2. The van der Waals surface area contributed by atoms with E-state index in [0.29, 0.717) is 36.7 Å². The van der Waals surface area contributed by atoms with Crippen molar-refractivity contribution in [3.8, 4) is 6.07 Å². The second-order valence-corrected chi connectivity index (χ2v) is 8.83. The lowest BCUT2D eigenvalue weighted by molar-refractivity contribution is -0.126. The third-order valence-electron chi connectivity index (χ3n) is 5.72. The molecule has 0 atom stereocenters. The molecule has 8 heteroatoms. The zero-order valence-electron chi connectivity index (χ0n) is 17.1. The van der Waals surface area contributed by atoms with Crippen LogP contribution >= 0.6 is 11.3 Å². The first kappa shape index (κ1) is 21.8. The van der Waals surface area contributed by atoms with Crippen LogP contribution in [0.5, 0.6) is 0 Å². The number of anilines is 1. The molecule has 1 fully saturated rings. The molecule has 2 aliphatic rings. The lowest BCUT2D eigenvalue weighted by atomic mass is 9.96. The molecule has 1 aliphatic heterocycles. The van der Waals surface area contributed by atoms with Gasteiger partial charge < -0.3 is 20.3 Å². The number of ether oxygens (including phenoxy) is 1. The molecule has 29 heavy (non-hydrogen) atoms. The van der Waals surface area contributed by atoms with Gasteiger partial charge in [-0.15, -0.1) is 11.3 Å². The molecule has 0 aromatic carbocycles. The van der Waals surface area contributed by atoms with Crippen LogP contribution in [0.1, 0.15) is 48.1 Å². The third kappa shape index (κ3) is 5.78. The van der Waals surface area contributed by atoms with Crippen molar-refractivity contribution in [3.63, 3.8) is 0 Å². The lowest BCUT2D eigenvalue weighted by Crippen LogP contribution is -2.41. The molecule has 7 nitrogen and oxygen atoms in total. The van der Waals surface area contributed by atoms with Crippen LogP contribution in [-0.2, 0) is 27.2 Å². The SMILES string of the molecule is COCCCNC(=O)C1CCN(CCC(=O)Nc2sc3c(c2C#N)CCC3)CC1. The summed E-state index contributed by atoms with van der Waals surface area (Å²) in [5, 5.41) is 16.1. The van der Waals surface area contributed by atoms with Crippen LogP contribution in [0.2, 0.25) is 0 Å². The summed E-state index contributed by atoms with van der Waals surface area (Å²) in [6, 6.07) is 2.26. The lowest BCUT2D eigenvalue weighted by Gasteiger charge is -2.31. The molecule has 0 bridgehead atoms. The Bertz CT molecular complexity index is 763. The number of likely N-dealkylation sites (tertiary alicyclic amines) is 1. The molecule has 1 aromatic rings. The summed E-state index contributed by atoms with van der Waals surface area (Å²) < 4.78 is 4.99. The number of carbonyl (C=O) groups excluding carboxylic acids is 2. The Balaban J connectivity index is 1.37. The zero-order valence-corrected chi connectivity index (χ0v) is 17.9. The van der Waals surface area contributed by atoms with Crippen molar-refractivity contribution in [1.29, 1.82) is 5.26 Å². The maximum atomic E-state index is 12.4. The minimum Gasteiger partial charge on any atom is -0.385 e. The standard InChI is InChI=1S/C21H30N4O3S/c1-28-13-3-9-23-20(27)15-6-10-25(11-7-15)12-8-19(26)24-21-17(14-22)16-4-2-5-18(16)29-21/h15H,2-13H2,1H3,(H,23,27)(H,24,26). The summed E-state index contributed by atoms with van der Waals surface area (Å²) in [5.74, 6) is 0.155. The van der Waals surface area contributed by atoms with E-state index in [1.54, 1.807) is 18.4 Å². The van der Waals surface area contributed by atoms with Crippen LogP contribution < -0.4 is 10.6 Å². The van der Waals surface area contributed by atoms with Crippen molar-refractivity contribution in [2.45, 2.75) is 44.9 Å². The van der Waals surface area contributed by atoms with Crippen molar-refractivity contribution < 1.29 is 14.3 Å². The highest BCUT2D eigenvalue weighted by Crippen LogP contribution is 2.38. The topological polar surface area (TPSA) is 94.5 Å². The molecule has 0 unspecified atom stereocenters. The van der Waals surface area contributed by atoms with Crippen LogP contribution in [0.25, 0.3) is 0 Å². The van der Waals surface area contributed by atoms with Gasteiger partial charge in [-0.2, -0.15) is 5.26 Å². The molecule has 0 radical (unpaired) electrons. The van der Waals surface area contributed by atoms with Crippen LogP contribution in [0, 0.1) is 17.2 Å². The summed E-state index contributed by atoms with van der Waals surface area (Å²) in [5.41, 5.74) is 1.79. The number of nitrogens with one attached hydrogen (secondary N) is 2. The summed E-state index contributed by atoms with van der Waals surface area (Å²) >= 11 is 1.56.